The van der Waals surface area contributed by atoms with Crippen LogP contribution in [0.5, 0.6) is 0 Å². The minimum Gasteiger partial charge on any atom is -0.434 e. The minimum absolute atomic E-state index is 0.0489. The van der Waals surface area contributed by atoms with Crippen LogP contribution in [0.2, 0.25) is 0 Å². The largest absolute Gasteiger partial charge is 0.513 e. The van der Waals surface area contributed by atoms with E-state index in [4.69, 9.17) is 14.2 Å². The molecule has 1 N–H and O–H groups in total. The van der Waals surface area contributed by atoms with Crippen LogP contribution in [0.3, 0.4) is 0 Å². The van der Waals surface area contributed by atoms with Crippen LogP contribution in [0, 0.1) is 10.1 Å². The van der Waals surface area contributed by atoms with Gasteiger partial charge in [0.2, 0.25) is 0 Å². The fraction of sp³-hybridized carbons (Fsp3) is 0.538. The van der Waals surface area contributed by atoms with Crippen molar-refractivity contribution in [2.24, 2.45) is 0 Å². The number of dihydropyridines is 1. The highest BCUT2D eigenvalue weighted by Crippen LogP contribution is 2.60. The predicted molar refractivity (Wildman–Crippen MR) is 135 cm³/mol. The summed E-state index contributed by atoms with van der Waals surface area (Å²) < 4.78 is 192. The Morgan fingerprint density at radius 2 is 1.29 bits per heavy atom. The molecule has 1 aliphatic rings. The van der Waals surface area contributed by atoms with Gasteiger partial charge < -0.3 is 24.3 Å². The van der Waals surface area contributed by atoms with Crippen molar-refractivity contribution >= 4 is 18.0 Å². The number of carbonyl (C=O) groups excluding carboxylic acids is 2. The number of nitrogens with one attached hydrogen (secondary N) is 1. The monoisotopic (exact) mass is 738 g/mol. The van der Waals surface area contributed by atoms with Gasteiger partial charge in [-0.3, -0.25) is 10.1 Å². The van der Waals surface area contributed by atoms with E-state index < -0.39 is 89.8 Å². The van der Waals surface area contributed by atoms with Crippen molar-refractivity contribution in [3.8, 4) is 0 Å². The van der Waals surface area contributed by atoms with Crippen molar-refractivity contribution in [3.63, 3.8) is 0 Å². The number of allylic oxidation sites excluding steroid dienone is 2. The number of nitrogens with zero attached hydrogens (tertiary/aromatic N) is 1. The van der Waals surface area contributed by atoms with Crippen LogP contribution in [-0.4, -0.2) is 66.2 Å². The lowest BCUT2D eigenvalue weighted by atomic mass is 9.90. The Morgan fingerprint density at radius 3 is 1.76 bits per heavy atom. The van der Waals surface area contributed by atoms with Crippen molar-refractivity contribution in [2.75, 3.05) is 13.2 Å². The summed E-state index contributed by atoms with van der Waals surface area (Å²) >= 11 is 0. The molecule has 0 spiro atoms. The van der Waals surface area contributed by atoms with E-state index in [0.29, 0.717) is 0 Å². The van der Waals surface area contributed by atoms with Crippen LogP contribution < -0.4 is 5.32 Å². The SMILES string of the molecule is CCOC(=O)OC1=C(C)NC(C)=C(OC(=O)OCCCC(F)(F)C(F)(F)C(F)(F)C(F)(F)C(F)(F)C(F)(F)F)C1c1cccc([N+](=O)[O-])c1. The Kier molecular flexibility index (Phi) is 11.8. The molecule has 0 radical (unpaired) electrons. The number of benzene rings is 1. The zero-order chi connectivity index (χ0) is 38.0. The number of nitro benzene ring substituents is 1. The molecule has 49 heavy (non-hydrogen) atoms. The lowest BCUT2D eigenvalue weighted by Gasteiger charge is -2.39. The van der Waals surface area contributed by atoms with Crippen LogP contribution in [0.25, 0.3) is 0 Å². The average molecular weight is 738 g/mol. The molecule has 0 bridgehead atoms. The maximum absolute atomic E-state index is 14.0. The first-order valence-corrected chi connectivity index (χ1v) is 13.3. The van der Waals surface area contributed by atoms with E-state index in [0.717, 1.165) is 12.1 Å². The summed E-state index contributed by atoms with van der Waals surface area (Å²) in [5, 5.41) is 14.0. The molecule has 0 saturated carbocycles. The predicted octanol–water partition coefficient (Wildman–Crippen LogP) is 8.59. The van der Waals surface area contributed by atoms with E-state index in [1.54, 1.807) is 0 Å². The molecule has 0 amide bonds. The van der Waals surface area contributed by atoms with Gasteiger partial charge in [0, 0.05) is 18.6 Å². The van der Waals surface area contributed by atoms with Crippen molar-refractivity contribution in [1.29, 1.82) is 0 Å². The Bertz CT molecular complexity index is 1490. The van der Waals surface area contributed by atoms with E-state index in [1.807, 2.05) is 0 Å². The molecule has 0 aliphatic carbocycles. The zero-order valence-corrected chi connectivity index (χ0v) is 24.8. The topological polar surface area (TPSA) is 126 Å². The Morgan fingerprint density at radius 1 is 0.796 bits per heavy atom. The molecule has 2 rings (SSSR count). The first-order valence-electron chi connectivity index (χ1n) is 13.3. The van der Waals surface area contributed by atoms with Crippen molar-refractivity contribution in [2.45, 2.75) is 75.3 Å². The molecule has 1 atom stereocenters. The van der Waals surface area contributed by atoms with Crippen LogP contribution >= 0.6 is 0 Å². The number of nitro groups is 1. The highest BCUT2D eigenvalue weighted by atomic mass is 19.4. The number of halogens is 13. The molecule has 276 valence electrons. The van der Waals surface area contributed by atoms with Gasteiger partial charge in [-0.25, -0.2) is 9.59 Å². The third-order valence-electron chi connectivity index (χ3n) is 6.56. The summed E-state index contributed by atoms with van der Waals surface area (Å²) in [6.45, 7) is 2.43. The summed E-state index contributed by atoms with van der Waals surface area (Å²) in [7, 11) is 0. The highest BCUT2D eigenvalue weighted by Gasteiger charge is 2.90. The average Bonchev–Trinajstić information content (AvgIpc) is 2.97. The molecule has 0 aromatic heterocycles. The van der Waals surface area contributed by atoms with Gasteiger partial charge in [0.1, 0.15) is 17.4 Å². The normalized spacial score (nSPS) is 16.6. The van der Waals surface area contributed by atoms with Gasteiger partial charge in [-0.2, -0.15) is 57.1 Å². The third-order valence-corrected chi connectivity index (χ3v) is 6.56. The van der Waals surface area contributed by atoms with Crippen molar-refractivity contribution < 1.29 is 90.5 Å². The van der Waals surface area contributed by atoms with Crippen molar-refractivity contribution in [3.05, 3.63) is 62.9 Å². The molecule has 1 aromatic carbocycles. The van der Waals surface area contributed by atoms with Crippen LogP contribution in [0.4, 0.5) is 72.4 Å². The van der Waals surface area contributed by atoms with Crippen molar-refractivity contribution in [1.82, 2.24) is 5.32 Å². The first-order chi connectivity index (χ1) is 22.2. The van der Waals surface area contributed by atoms with E-state index in [9.17, 15) is 76.8 Å². The first kappa shape index (κ1) is 40.7. The summed E-state index contributed by atoms with van der Waals surface area (Å²) in [6, 6.07) is 4.50. The highest BCUT2D eigenvalue weighted by molar-refractivity contribution is 5.65. The number of rotatable bonds is 13. The van der Waals surface area contributed by atoms with Gasteiger partial charge in [0.05, 0.1) is 29.5 Å². The molecule has 1 heterocycles. The molecule has 0 saturated heterocycles. The lowest BCUT2D eigenvalue weighted by Crippen LogP contribution is -2.70. The maximum atomic E-state index is 14.0. The molecule has 1 aliphatic heterocycles. The number of non-ortho nitro benzene ring substituents is 1. The third kappa shape index (κ3) is 7.89. The van der Waals surface area contributed by atoms with Crippen LogP contribution in [-0.2, 0) is 18.9 Å². The Hall–Kier alpha value is -4.47. The standard InChI is InChI=1S/C26H23F13N2O8/c1-4-46-19(42)48-17-12(2)40-13(3)18(16(17)14-7-5-8-15(11-14)41(44)45)49-20(43)47-10-6-9-21(27,28)22(29,30)23(31,32)24(33,34)25(35,36)26(37,38)39/h5,7-8,11,16,40H,4,6,9-10H2,1-3H3. The number of hydrogen-bond acceptors (Lipinski definition) is 9. The minimum atomic E-state index is -8.05. The quantitative estimate of drug-likeness (QED) is 0.0696. The summed E-state index contributed by atoms with van der Waals surface area (Å²) in [6.07, 6.45) is -14.9. The maximum Gasteiger partial charge on any atom is 0.513 e. The van der Waals surface area contributed by atoms with Gasteiger partial charge in [-0.1, -0.05) is 12.1 Å². The molecule has 23 heteroatoms. The number of alkyl halides is 13. The number of ether oxygens (including phenoxy) is 4. The fourth-order valence-electron chi connectivity index (χ4n) is 4.11. The second-order valence-electron chi connectivity index (χ2n) is 9.98. The summed E-state index contributed by atoms with van der Waals surface area (Å²) in [5.41, 5.74) is -0.507. The molecular weight excluding hydrogens is 715 g/mol. The van der Waals surface area contributed by atoms with Crippen LogP contribution in [0.1, 0.15) is 45.1 Å². The lowest BCUT2D eigenvalue weighted by molar-refractivity contribution is -0.440. The second kappa shape index (κ2) is 14.2. The van der Waals surface area contributed by atoms with Gasteiger partial charge >= 0.3 is 48.1 Å². The zero-order valence-electron chi connectivity index (χ0n) is 24.8. The summed E-state index contributed by atoms with van der Waals surface area (Å²) in [5.74, 6) is -40.1. The fourth-order valence-corrected chi connectivity index (χ4v) is 4.11. The number of carbonyl (C=O) groups is 2. The van der Waals surface area contributed by atoms with Gasteiger partial charge in [0.25, 0.3) is 5.69 Å². The van der Waals surface area contributed by atoms with E-state index in [2.05, 4.69) is 10.1 Å². The smallest absolute Gasteiger partial charge is 0.434 e. The van der Waals surface area contributed by atoms with Gasteiger partial charge in [0.15, 0.2) is 0 Å². The molecule has 0 fully saturated rings. The Balaban J connectivity index is 2.27. The number of hydrogen-bond donors (Lipinski definition) is 1. The van der Waals surface area contributed by atoms with Gasteiger partial charge in [-0.05, 0) is 32.8 Å². The summed E-state index contributed by atoms with van der Waals surface area (Å²) in [4.78, 5) is 35.1. The Labute approximate surface area is 265 Å². The molecule has 1 aromatic rings. The molecule has 10 nitrogen and oxygen atoms in total. The van der Waals surface area contributed by atoms with Gasteiger partial charge in [-0.15, -0.1) is 0 Å². The van der Waals surface area contributed by atoms with E-state index in [-0.39, 0.29) is 29.3 Å². The van der Waals surface area contributed by atoms with E-state index in [1.165, 1.54) is 32.9 Å². The van der Waals surface area contributed by atoms with E-state index >= 15 is 0 Å². The molecular formula is C26H23F13N2O8. The second-order valence-corrected chi connectivity index (χ2v) is 9.98. The molecule has 1 unspecified atom stereocenters. The van der Waals surface area contributed by atoms with Crippen LogP contribution in [0.15, 0.2) is 47.2 Å².